The third-order valence-corrected chi connectivity index (χ3v) is 11.2. The molecule has 0 aromatic heterocycles. The number of aliphatic hydroxyl groups is 1. The first-order valence-electron chi connectivity index (χ1n) is 14.4. The molecule has 0 bridgehead atoms. The second-order valence-electron chi connectivity index (χ2n) is 12.8. The van der Waals surface area contributed by atoms with E-state index < -0.39 is 6.10 Å². The predicted octanol–water partition coefficient (Wildman–Crippen LogP) is 6.35. The van der Waals surface area contributed by atoms with Gasteiger partial charge in [-0.05, 0) is 98.5 Å². The summed E-state index contributed by atoms with van der Waals surface area (Å²) in [5, 5.41) is 11.7. The van der Waals surface area contributed by atoms with Crippen LogP contribution < -0.4 is 0 Å². The molecule has 5 heteroatoms. The number of hydrogen-bond donors (Lipinski definition) is 1. The molecule has 1 aromatic rings. The Hall–Kier alpha value is -2.14. The van der Waals surface area contributed by atoms with E-state index in [1.54, 1.807) is 0 Å². The molecule has 4 aliphatic carbocycles. The smallest absolute Gasteiger partial charge is 0.338 e. The van der Waals surface area contributed by atoms with E-state index in [1.807, 2.05) is 30.3 Å². The van der Waals surface area contributed by atoms with Crippen molar-refractivity contribution in [2.45, 2.75) is 90.8 Å². The van der Waals surface area contributed by atoms with Crippen LogP contribution in [0.15, 0.2) is 42.0 Å². The van der Waals surface area contributed by atoms with E-state index in [0.29, 0.717) is 41.6 Å². The highest BCUT2D eigenvalue weighted by atomic mass is 16.5. The highest BCUT2D eigenvalue weighted by Crippen LogP contribution is 2.66. The predicted molar refractivity (Wildman–Crippen MR) is 143 cm³/mol. The average molecular weight is 509 g/mol. The van der Waals surface area contributed by atoms with Gasteiger partial charge in [0, 0.05) is 11.8 Å². The lowest BCUT2D eigenvalue weighted by molar-refractivity contribution is -0.141. The minimum absolute atomic E-state index is 0.0340. The number of methoxy groups -OCH3 is 1. The average Bonchev–Trinajstić information content (AvgIpc) is 3.27. The van der Waals surface area contributed by atoms with Gasteiger partial charge in [-0.1, -0.05) is 50.6 Å². The number of hydrogen-bond acceptors (Lipinski definition) is 5. The van der Waals surface area contributed by atoms with E-state index in [-0.39, 0.29) is 28.9 Å². The fourth-order valence-electron chi connectivity index (χ4n) is 8.99. The van der Waals surface area contributed by atoms with Crippen molar-refractivity contribution in [3.05, 3.63) is 47.5 Å². The van der Waals surface area contributed by atoms with Gasteiger partial charge >= 0.3 is 11.9 Å². The topological polar surface area (TPSA) is 72.8 Å². The third kappa shape index (κ3) is 4.56. The van der Waals surface area contributed by atoms with E-state index in [9.17, 15) is 14.7 Å². The lowest BCUT2D eigenvalue weighted by atomic mass is 9.47. The van der Waals surface area contributed by atoms with Gasteiger partial charge in [0.1, 0.15) is 6.10 Å². The molecule has 0 radical (unpaired) electrons. The number of fused-ring (bicyclic) bond motifs is 5. The second-order valence-corrected chi connectivity index (χ2v) is 12.8. The first kappa shape index (κ1) is 26.5. The fraction of sp³-hybridized carbons (Fsp3) is 0.688. The maximum atomic E-state index is 12.7. The maximum Gasteiger partial charge on any atom is 0.338 e. The Morgan fingerprint density at radius 2 is 1.84 bits per heavy atom. The minimum atomic E-state index is -0.457. The minimum Gasteiger partial charge on any atom is -0.469 e. The van der Waals surface area contributed by atoms with E-state index in [1.165, 1.54) is 12.7 Å². The molecule has 2 unspecified atom stereocenters. The van der Waals surface area contributed by atoms with Gasteiger partial charge < -0.3 is 14.6 Å². The molecule has 9 atom stereocenters. The normalized spacial score (nSPS) is 39.4. The van der Waals surface area contributed by atoms with Crippen LogP contribution in [0.3, 0.4) is 0 Å². The molecular formula is C32H44O5. The van der Waals surface area contributed by atoms with Gasteiger partial charge in [-0.3, -0.25) is 4.79 Å². The molecule has 1 N–H and O–H groups in total. The van der Waals surface area contributed by atoms with Crippen LogP contribution in [0.25, 0.3) is 0 Å². The summed E-state index contributed by atoms with van der Waals surface area (Å²) in [5.74, 6) is 1.91. The molecule has 0 aliphatic heterocycles. The number of rotatable bonds is 6. The summed E-state index contributed by atoms with van der Waals surface area (Å²) in [7, 11) is 1.45. The van der Waals surface area contributed by atoms with Gasteiger partial charge in [0.2, 0.25) is 0 Å². The summed E-state index contributed by atoms with van der Waals surface area (Å²) >= 11 is 0. The van der Waals surface area contributed by atoms with Crippen molar-refractivity contribution in [1.82, 2.24) is 0 Å². The Morgan fingerprint density at radius 1 is 1.08 bits per heavy atom. The van der Waals surface area contributed by atoms with Crippen LogP contribution >= 0.6 is 0 Å². The molecule has 0 saturated heterocycles. The second kappa shape index (κ2) is 10.2. The molecular weight excluding hydrogens is 464 g/mol. The van der Waals surface area contributed by atoms with E-state index in [0.717, 1.165) is 51.4 Å². The third-order valence-electron chi connectivity index (χ3n) is 11.2. The molecule has 3 saturated carbocycles. The van der Waals surface area contributed by atoms with Crippen LogP contribution in [-0.4, -0.2) is 36.4 Å². The van der Waals surface area contributed by atoms with Crippen LogP contribution in [0.1, 0.15) is 88.9 Å². The van der Waals surface area contributed by atoms with Crippen molar-refractivity contribution in [1.29, 1.82) is 0 Å². The lowest BCUT2D eigenvalue weighted by Crippen LogP contribution is -2.53. The summed E-state index contributed by atoms with van der Waals surface area (Å²) in [6.45, 7) is 6.98. The summed E-state index contributed by atoms with van der Waals surface area (Å²) < 4.78 is 10.8. The number of carbonyl (C=O) groups is 2. The Kier molecular flexibility index (Phi) is 7.30. The molecule has 37 heavy (non-hydrogen) atoms. The van der Waals surface area contributed by atoms with E-state index >= 15 is 0 Å². The molecule has 0 heterocycles. The van der Waals surface area contributed by atoms with Crippen LogP contribution in [0, 0.1) is 40.4 Å². The number of allylic oxidation sites excluding steroid dienone is 1. The number of aliphatic hydroxyl groups excluding tert-OH is 1. The Labute approximate surface area is 222 Å². The first-order chi connectivity index (χ1) is 17.7. The van der Waals surface area contributed by atoms with Crippen LogP contribution in [0.4, 0.5) is 0 Å². The first-order valence-corrected chi connectivity index (χ1v) is 14.4. The van der Waals surface area contributed by atoms with Gasteiger partial charge in [0.05, 0.1) is 18.8 Å². The van der Waals surface area contributed by atoms with Crippen molar-refractivity contribution in [3.8, 4) is 0 Å². The molecule has 5 nitrogen and oxygen atoms in total. The monoisotopic (exact) mass is 508 g/mol. The van der Waals surface area contributed by atoms with Gasteiger partial charge in [0.15, 0.2) is 0 Å². The number of carbonyl (C=O) groups excluding carboxylic acids is 2. The zero-order valence-corrected chi connectivity index (χ0v) is 22.9. The number of benzene rings is 1. The zero-order chi connectivity index (χ0) is 26.4. The van der Waals surface area contributed by atoms with Gasteiger partial charge in [-0.25, -0.2) is 4.79 Å². The molecule has 4 aliphatic rings. The molecule has 0 spiro atoms. The van der Waals surface area contributed by atoms with Gasteiger partial charge in [-0.2, -0.15) is 0 Å². The van der Waals surface area contributed by atoms with Crippen LogP contribution in [-0.2, 0) is 14.3 Å². The summed E-state index contributed by atoms with van der Waals surface area (Å²) in [4.78, 5) is 24.4. The Bertz CT molecular complexity index is 1030. The van der Waals surface area contributed by atoms with Crippen molar-refractivity contribution in [2.75, 3.05) is 7.11 Å². The molecule has 5 rings (SSSR count). The Balaban J connectivity index is 1.31. The van der Waals surface area contributed by atoms with Crippen molar-refractivity contribution in [2.24, 2.45) is 40.4 Å². The highest BCUT2D eigenvalue weighted by molar-refractivity contribution is 5.89. The van der Waals surface area contributed by atoms with Crippen LogP contribution in [0.2, 0.25) is 0 Å². The van der Waals surface area contributed by atoms with Crippen molar-refractivity contribution < 1.29 is 24.2 Å². The number of esters is 2. The fourth-order valence-corrected chi connectivity index (χ4v) is 8.99. The quantitative estimate of drug-likeness (QED) is 0.358. The maximum absolute atomic E-state index is 12.7. The SMILES string of the molecule is COC(=O)CC[C@@H](C)C1CC[C@H]2[C@@H]3CC[C@@H]4C[C@H](OC(=O)c5ccccc5)CC[C@]4(C)C3=CC(O)[C@]12C. The number of ether oxygens (including phenoxy) is 2. The standard InChI is InChI=1S/C32H44O5/c1-20(10-15-29(34)36-4)25-13-14-26-24-12-11-22-18-23(37-30(35)21-8-6-5-7-9-21)16-17-31(22,2)27(24)19-28(33)32(25,26)3/h5-9,19-20,22-26,28,33H,10-18H2,1-4H3/t20-,22-,23-,24+,25?,26+,28?,31+,32-/m1/s1. The highest BCUT2D eigenvalue weighted by Gasteiger charge is 2.60. The van der Waals surface area contributed by atoms with E-state index in [2.05, 4.69) is 26.8 Å². The Morgan fingerprint density at radius 3 is 2.57 bits per heavy atom. The zero-order valence-electron chi connectivity index (χ0n) is 22.9. The van der Waals surface area contributed by atoms with Crippen molar-refractivity contribution in [3.63, 3.8) is 0 Å². The molecule has 3 fully saturated rings. The molecule has 202 valence electrons. The van der Waals surface area contributed by atoms with E-state index in [4.69, 9.17) is 9.47 Å². The largest absolute Gasteiger partial charge is 0.469 e. The van der Waals surface area contributed by atoms with Gasteiger partial charge in [0.25, 0.3) is 0 Å². The summed E-state index contributed by atoms with van der Waals surface area (Å²) in [6, 6.07) is 9.29. The molecule has 1 aromatic carbocycles. The summed E-state index contributed by atoms with van der Waals surface area (Å²) in [5.41, 5.74) is 2.02. The lowest BCUT2D eigenvalue weighted by Gasteiger charge is -2.58. The van der Waals surface area contributed by atoms with Gasteiger partial charge in [-0.15, -0.1) is 0 Å². The molecule has 0 amide bonds. The van der Waals surface area contributed by atoms with Crippen molar-refractivity contribution >= 4 is 11.9 Å². The van der Waals surface area contributed by atoms with Crippen LogP contribution in [0.5, 0.6) is 0 Å². The summed E-state index contributed by atoms with van der Waals surface area (Å²) in [6.07, 6.45) is 10.4.